The van der Waals surface area contributed by atoms with Crippen molar-refractivity contribution in [2.24, 2.45) is 0 Å². The fourth-order valence-corrected chi connectivity index (χ4v) is 2.66. The maximum atomic E-state index is 11.0. The number of carbonyl (C=O) groups excluding carboxylic acids is 1. The van der Waals surface area contributed by atoms with Crippen LogP contribution < -0.4 is 0 Å². The van der Waals surface area contributed by atoms with Gasteiger partial charge in [0.15, 0.2) is 0 Å². The zero-order chi connectivity index (χ0) is 10.8. The monoisotopic (exact) mass is 336 g/mol. The van der Waals surface area contributed by atoms with E-state index < -0.39 is 0 Å². The summed E-state index contributed by atoms with van der Waals surface area (Å²) < 4.78 is 5.44. The molecule has 0 aliphatic carbocycles. The van der Waals surface area contributed by atoms with Crippen LogP contribution in [0.15, 0.2) is 24.3 Å². The van der Waals surface area contributed by atoms with Gasteiger partial charge in [0.05, 0.1) is 3.92 Å². The van der Waals surface area contributed by atoms with Gasteiger partial charge in [0.25, 0.3) is 0 Å². The van der Waals surface area contributed by atoms with Crippen molar-refractivity contribution in [1.29, 1.82) is 0 Å². The van der Waals surface area contributed by atoms with Crippen LogP contribution in [0.5, 0.6) is 0 Å². The number of esters is 1. The maximum absolute atomic E-state index is 11.0. The lowest BCUT2D eigenvalue weighted by Gasteiger charge is -2.16. The quantitative estimate of drug-likeness (QED) is 0.469. The van der Waals surface area contributed by atoms with E-state index in [1.165, 1.54) is 0 Å². The van der Waals surface area contributed by atoms with Gasteiger partial charge in [-0.15, -0.1) is 0 Å². The lowest BCUT2D eigenvalue weighted by molar-refractivity contribution is -0.141. The number of hydrogen-bond acceptors (Lipinski definition) is 2. The summed E-state index contributed by atoms with van der Waals surface area (Å²) in [4.78, 5) is 11.0. The first-order chi connectivity index (χ1) is 7.16. The van der Waals surface area contributed by atoms with Crippen LogP contribution in [0, 0.1) is 0 Å². The van der Waals surface area contributed by atoms with E-state index in [0.29, 0.717) is 6.42 Å². The number of benzene rings is 1. The molecule has 0 radical (unpaired) electrons. The minimum atomic E-state index is -0.0874. The van der Waals surface area contributed by atoms with E-state index in [0.717, 1.165) is 17.0 Å². The molecule has 2 nitrogen and oxygen atoms in total. The number of rotatable bonds is 2. The second-order valence-electron chi connectivity index (χ2n) is 3.52. The molecular weight excluding hydrogens is 326 g/mol. The topological polar surface area (TPSA) is 26.3 Å². The van der Waals surface area contributed by atoms with Crippen molar-refractivity contribution in [2.75, 3.05) is 0 Å². The van der Waals surface area contributed by atoms with Crippen LogP contribution in [-0.2, 0) is 9.53 Å². The van der Waals surface area contributed by atoms with Crippen LogP contribution in [0.25, 0.3) is 0 Å². The SMILES string of the molecule is O=C1CC[C@@H]([C@H](I)c2ccc(Cl)cc2)O1. The molecular formula is C11H10ClIO2. The van der Waals surface area contributed by atoms with Crippen molar-refractivity contribution in [3.05, 3.63) is 34.9 Å². The normalized spacial score (nSPS) is 22.5. The molecule has 1 aliphatic heterocycles. The Kier molecular flexibility index (Phi) is 3.51. The molecule has 0 N–H and O–H groups in total. The highest BCUT2D eigenvalue weighted by molar-refractivity contribution is 14.1. The van der Waals surface area contributed by atoms with Crippen molar-refractivity contribution < 1.29 is 9.53 Å². The average molecular weight is 337 g/mol. The molecule has 2 atom stereocenters. The highest BCUT2D eigenvalue weighted by Crippen LogP contribution is 2.35. The summed E-state index contributed by atoms with van der Waals surface area (Å²) in [7, 11) is 0. The molecule has 15 heavy (non-hydrogen) atoms. The van der Waals surface area contributed by atoms with Crippen molar-refractivity contribution in [1.82, 2.24) is 0 Å². The summed E-state index contributed by atoms with van der Waals surface area (Å²) in [5, 5.41) is 0.728. The number of cyclic esters (lactones) is 1. The number of ether oxygens (including phenoxy) is 1. The molecule has 1 saturated heterocycles. The zero-order valence-electron chi connectivity index (χ0n) is 7.95. The Morgan fingerprint density at radius 3 is 2.60 bits per heavy atom. The fraction of sp³-hybridized carbons (Fsp3) is 0.364. The van der Waals surface area contributed by atoms with E-state index in [2.05, 4.69) is 22.6 Å². The molecule has 0 unspecified atom stereocenters. The van der Waals surface area contributed by atoms with Gasteiger partial charge in [-0.3, -0.25) is 4.79 Å². The van der Waals surface area contributed by atoms with E-state index in [4.69, 9.17) is 16.3 Å². The third-order valence-electron chi connectivity index (χ3n) is 2.43. The highest BCUT2D eigenvalue weighted by atomic mass is 127. The van der Waals surface area contributed by atoms with Gasteiger partial charge >= 0.3 is 5.97 Å². The smallest absolute Gasteiger partial charge is 0.306 e. The third-order valence-corrected chi connectivity index (χ3v) is 4.20. The number of halogens is 2. The second kappa shape index (κ2) is 4.70. The summed E-state index contributed by atoms with van der Waals surface area (Å²) in [6.07, 6.45) is 1.37. The Morgan fingerprint density at radius 1 is 1.40 bits per heavy atom. The first kappa shape index (κ1) is 11.2. The molecule has 0 aromatic heterocycles. The molecule has 1 fully saturated rings. The third kappa shape index (κ3) is 2.64. The second-order valence-corrected chi connectivity index (χ2v) is 5.30. The van der Waals surface area contributed by atoms with Crippen LogP contribution in [-0.4, -0.2) is 12.1 Å². The van der Waals surface area contributed by atoms with Crippen LogP contribution in [0.1, 0.15) is 22.3 Å². The van der Waals surface area contributed by atoms with Gasteiger partial charge in [-0.1, -0.05) is 46.3 Å². The average Bonchev–Trinajstić information content (AvgIpc) is 2.65. The summed E-state index contributed by atoms with van der Waals surface area (Å²) in [6.45, 7) is 0. The molecule has 0 bridgehead atoms. The molecule has 1 aromatic rings. The van der Waals surface area contributed by atoms with Crippen LogP contribution in [0.2, 0.25) is 5.02 Å². The largest absolute Gasteiger partial charge is 0.461 e. The summed E-state index contributed by atoms with van der Waals surface area (Å²) in [5.74, 6) is -0.0874. The molecule has 0 amide bonds. The predicted octanol–water partition coefficient (Wildman–Crippen LogP) is 3.52. The molecule has 4 heteroatoms. The van der Waals surface area contributed by atoms with Gasteiger partial charge in [-0.2, -0.15) is 0 Å². The van der Waals surface area contributed by atoms with E-state index in [-0.39, 0.29) is 16.0 Å². The number of carbonyl (C=O) groups is 1. The fourth-order valence-electron chi connectivity index (χ4n) is 1.61. The van der Waals surface area contributed by atoms with Crippen molar-refractivity contribution in [2.45, 2.75) is 22.9 Å². The van der Waals surface area contributed by atoms with Gasteiger partial charge in [-0.25, -0.2) is 0 Å². The molecule has 1 aromatic carbocycles. The first-order valence-corrected chi connectivity index (χ1v) is 6.38. The van der Waals surface area contributed by atoms with Gasteiger partial charge in [-0.05, 0) is 24.1 Å². The zero-order valence-corrected chi connectivity index (χ0v) is 10.9. The van der Waals surface area contributed by atoms with E-state index in [1.54, 1.807) is 0 Å². The van der Waals surface area contributed by atoms with E-state index in [1.807, 2.05) is 24.3 Å². The van der Waals surface area contributed by atoms with E-state index in [9.17, 15) is 4.79 Å². The van der Waals surface area contributed by atoms with Gasteiger partial charge in [0.2, 0.25) is 0 Å². The van der Waals surface area contributed by atoms with Crippen molar-refractivity contribution in [3.8, 4) is 0 Å². The Morgan fingerprint density at radius 2 is 2.07 bits per heavy atom. The standard InChI is InChI=1S/C11H10ClIO2/c12-8-3-1-7(2-4-8)11(13)9-5-6-10(14)15-9/h1-4,9,11H,5-6H2/t9-,11+/m0/s1. The molecule has 0 spiro atoms. The molecule has 80 valence electrons. The van der Waals surface area contributed by atoms with Gasteiger partial charge < -0.3 is 4.74 Å². The molecule has 1 heterocycles. The number of alkyl halides is 1. The Hall–Kier alpha value is -0.290. The summed E-state index contributed by atoms with van der Waals surface area (Å²) >= 11 is 8.12. The number of hydrogen-bond donors (Lipinski definition) is 0. The Bertz CT molecular complexity index is 363. The first-order valence-electron chi connectivity index (χ1n) is 4.76. The Labute approximate surface area is 107 Å². The van der Waals surface area contributed by atoms with Gasteiger partial charge in [0, 0.05) is 11.4 Å². The molecule has 2 rings (SSSR count). The summed E-state index contributed by atoms with van der Waals surface area (Å²) in [6, 6.07) is 7.68. The molecule has 1 aliphatic rings. The lowest BCUT2D eigenvalue weighted by atomic mass is 10.1. The van der Waals surface area contributed by atoms with Crippen LogP contribution in [0.3, 0.4) is 0 Å². The van der Waals surface area contributed by atoms with Crippen LogP contribution >= 0.6 is 34.2 Å². The van der Waals surface area contributed by atoms with Gasteiger partial charge in [0.1, 0.15) is 6.10 Å². The molecule has 0 saturated carbocycles. The van der Waals surface area contributed by atoms with Crippen LogP contribution in [0.4, 0.5) is 0 Å². The minimum absolute atomic E-state index is 0.0132. The van der Waals surface area contributed by atoms with Crippen molar-refractivity contribution >= 4 is 40.2 Å². The maximum Gasteiger partial charge on any atom is 0.306 e. The van der Waals surface area contributed by atoms with Crippen molar-refractivity contribution in [3.63, 3.8) is 0 Å². The van der Waals surface area contributed by atoms with E-state index >= 15 is 0 Å². The summed E-state index contributed by atoms with van der Waals surface area (Å²) in [5.41, 5.74) is 1.15. The lowest BCUT2D eigenvalue weighted by Crippen LogP contribution is -2.13. The Balaban J connectivity index is 2.10. The highest BCUT2D eigenvalue weighted by Gasteiger charge is 2.30. The minimum Gasteiger partial charge on any atom is -0.461 e. The predicted molar refractivity (Wildman–Crippen MR) is 67.3 cm³/mol.